The van der Waals surface area contributed by atoms with Crippen LogP contribution in [0, 0.1) is 6.61 Å². The fraction of sp³-hybridized carbons (Fsp3) is 0.833. The smallest absolute Gasteiger partial charge is 0.0996 e. The zero-order valence-corrected chi connectivity index (χ0v) is 5.75. The minimum absolute atomic E-state index is 1.13. The molecule has 0 amide bonds. The van der Waals surface area contributed by atoms with Crippen LogP contribution in [0.2, 0.25) is 0 Å². The van der Waals surface area contributed by atoms with Gasteiger partial charge in [-0.25, -0.2) is 0 Å². The highest BCUT2D eigenvalue weighted by molar-refractivity contribution is 7.94. The van der Waals surface area contributed by atoms with Crippen LogP contribution < -0.4 is 0 Å². The van der Waals surface area contributed by atoms with E-state index < -0.39 is 0 Å². The highest BCUT2D eigenvalue weighted by atomic mass is 32.2. The van der Waals surface area contributed by atoms with E-state index in [4.69, 9.17) is 4.18 Å². The molecule has 1 aliphatic rings. The summed E-state index contributed by atoms with van der Waals surface area (Å²) in [6, 6.07) is 0. The van der Waals surface area contributed by atoms with Gasteiger partial charge in [0.1, 0.15) is 0 Å². The molecule has 0 aliphatic carbocycles. The lowest BCUT2D eigenvalue weighted by Crippen LogP contribution is -1.89. The molecule has 0 atom stereocenters. The lowest BCUT2D eigenvalue weighted by atomic mass is 10.2. The van der Waals surface area contributed by atoms with E-state index in [1.807, 2.05) is 6.61 Å². The Bertz CT molecular complexity index is 32.5. The Balaban J connectivity index is 2.00. The number of rotatable bonds is 0. The van der Waals surface area contributed by atoms with Crippen LogP contribution in [0.5, 0.6) is 0 Å². The standard InChI is InChI=1S/C6H11OS/c1-2-4-6-8-7-5-3-1/h5H,1-4,6H2. The maximum absolute atomic E-state index is 5.07. The minimum Gasteiger partial charge on any atom is -0.309 e. The highest BCUT2D eigenvalue weighted by Gasteiger charge is 1.96. The molecule has 47 valence electrons. The molecule has 1 nitrogen and oxygen atoms in total. The summed E-state index contributed by atoms with van der Waals surface area (Å²) in [6.45, 7) is 1.91. The molecule has 1 aliphatic heterocycles. The second kappa shape index (κ2) is 4.21. The van der Waals surface area contributed by atoms with E-state index in [0.717, 1.165) is 12.2 Å². The molecule has 2 heteroatoms. The topological polar surface area (TPSA) is 9.23 Å². The van der Waals surface area contributed by atoms with Crippen LogP contribution >= 0.6 is 12.0 Å². The fourth-order valence-corrected chi connectivity index (χ4v) is 1.32. The third kappa shape index (κ3) is 2.58. The van der Waals surface area contributed by atoms with E-state index in [0.29, 0.717) is 0 Å². The summed E-state index contributed by atoms with van der Waals surface area (Å²) >= 11 is 1.57. The summed E-state index contributed by atoms with van der Waals surface area (Å²) in [5, 5.41) is 0. The van der Waals surface area contributed by atoms with Crippen molar-refractivity contribution in [2.75, 3.05) is 5.75 Å². The van der Waals surface area contributed by atoms with Gasteiger partial charge in [-0.3, -0.25) is 0 Å². The molecule has 0 aromatic heterocycles. The van der Waals surface area contributed by atoms with Crippen LogP contribution in [-0.2, 0) is 4.18 Å². The molecule has 0 bridgehead atoms. The van der Waals surface area contributed by atoms with Crippen molar-refractivity contribution in [3.05, 3.63) is 6.61 Å². The van der Waals surface area contributed by atoms with Gasteiger partial charge in [0.15, 0.2) is 0 Å². The van der Waals surface area contributed by atoms with Gasteiger partial charge in [-0.15, -0.1) is 0 Å². The summed E-state index contributed by atoms with van der Waals surface area (Å²) in [5.41, 5.74) is 0. The van der Waals surface area contributed by atoms with Gasteiger partial charge < -0.3 is 4.18 Å². The summed E-state index contributed by atoms with van der Waals surface area (Å²) in [7, 11) is 0. The van der Waals surface area contributed by atoms with E-state index in [9.17, 15) is 0 Å². The number of hydrogen-bond acceptors (Lipinski definition) is 2. The maximum Gasteiger partial charge on any atom is 0.0996 e. The first-order valence-corrected chi connectivity index (χ1v) is 4.01. The van der Waals surface area contributed by atoms with Crippen LogP contribution in [0.3, 0.4) is 0 Å². The lowest BCUT2D eigenvalue weighted by Gasteiger charge is -2.05. The normalized spacial score (nSPS) is 24.0. The first-order valence-electron chi connectivity index (χ1n) is 3.10. The molecule has 0 spiro atoms. The van der Waals surface area contributed by atoms with Crippen molar-refractivity contribution in [1.29, 1.82) is 0 Å². The van der Waals surface area contributed by atoms with Crippen molar-refractivity contribution >= 4 is 12.0 Å². The molecular weight excluding hydrogens is 120 g/mol. The Morgan fingerprint density at radius 1 is 1.25 bits per heavy atom. The Hall–Kier alpha value is 0.310. The Morgan fingerprint density at radius 2 is 2.25 bits per heavy atom. The molecular formula is C6H11OS. The SMILES string of the molecule is [CH]1CCCCCSO1. The summed E-state index contributed by atoms with van der Waals surface area (Å²) in [5.74, 6) is 1.16. The average Bonchev–Trinajstić information content (AvgIpc) is 1.62. The molecule has 0 aromatic rings. The zero-order chi connectivity index (χ0) is 5.66. The molecule has 1 rings (SSSR count). The molecule has 0 N–H and O–H groups in total. The first-order chi connectivity index (χ1) is 4.00. The van der Waals surface area contributed by atoms with Crippen LogP contribution in [0.4, 0.5) is 0 Å². The van der Waals surface area contributed by atoms with Gasteiger partial charge in [-0.05, 0) is 24.9 Å². The van der Waals surface area contributed by atoms with Gasteiger partial charge in [0.05, 0.1) is 6.61 Å². The zero-order valence-electron chi connectivity index (χ0n) is 4.93. The molecule has 0 aromatic carbocycles. The third-order valence-corrected chi connectivity index (χ3v) is 1.91. The fourth-order valence-electron chi connectivity index (χ4n) is 0.710. The van der Waals surface area contributed by atoms with Gasteiger partial charge in [-0.1, -0.05) is 12.8 Å². The quantitative estimate of drug-likeness (QED) is 0.467. The van der Waals surface area contributed by atoms with Crippen molar-refractivity contribution < 1.29 is 4.18 Å². The monoisotopic (exact) mass is 131 g/mol. The summed E-state index contributed by atoms with van der Waals surface area (Å²) in [4.78, 5) is 0. The van der Waals surface area contributed by atoms with Crippen molar-refractivity contribution in [2.24, 2.45) is 0 Å². The van der Waals surface area contributed by atoms with Crippen LogP contribution in [0.1, 0.15) is 25.7 Å². The highest BCUT2D eigenvalue weighted by Crippen LogP contribution is 2.16. The van der Waals surface area contributed by atoms with E-state index >= 15 is 0 Å². The summed E-state index contributed by atoms with van der Waals surface area (Å²) in [6.07, 6.45) is 5.12. The molecule has 0 unspecified atom stereocenters. The van der Waals surface area contributed by atoms with Crippen molar-refractivity contribution in [2.45, 2.75) is 25.7 Å². The third-order valence-electron chi connectivity index (χ3n) is 1.19. The molecule has 1 saturated heterocycles. The van der Waals surface area contributed by atoms with Crippen LogP contribution in [0.25, 0.3) is 0 Å². The van der Waals surface area contributed by atoms with Crippen molar-refractivity contribution in [3.8, 4) is 0 Å². The predicted octanol–water partition coefficient (Wildman–Crippen LogP) is 2.39. The molecule has 1 radical (unpaired) electrons. The molecule has 1 fully saturated rings. The Labute approximate surface area is 55.0 Å². The van der Waals surface area contributed by atoms with E-state index in [-0.39, 0.29) is 0 Å². The lowest BCUT2D eigenvalue weighted by molar-refractivity contribution is 0.434. The van der Waals surface area contributed by atoms with Gasteiger partial charge in [0, 0.05) is 5.75 Å². The Morgan fingerprint density at radius 3 is 3.25 bits per heavy atom. The molecule has 1 heterocycles. The molecule has 0 saturated carbocycles. The van der Waals surface area contributed by atoms with Crippen molar-refractivity contribution in [1.82, 2.24) is 0 Å². The average molecular weight is 131 g/mol. The largest absolute Gasteiger partial charge is 0.309 e. The van der Waals surface area contributed by atoms with Gasteiger partial charge in [-0.2, -0.15) is 0 Å². The van der Waals surface area contributed by atoms with Crippen LogP contribution in [0.15, 0.2) is 0 Å². The van der Waals surface area contributed by atoms with Crippen molar-refractivity contribution in [3.63, 3.8) is 0 Å². The van der Waals surface area contributed by atoms with E-state index in [1.54, 1.807) is 12.0 Å². The van der Waals surface area contributed by atoms with Gasteiger partial charge >= 0.3 is 0 Å². The second-order valence-electron chi connectivity index (χ2n) is 1.93. The van der Waals surface area contributed by atoms with Gasteiger partial charge in [0.25, 0.3) is 0 Å². The minimum atomic E-state index is 1.13. The predicted molar refractivity (Wildman–Crippen MR) is 36.3 cm³/mol. The Kier molecular flexibility index (Phi) is 3.39. The first kappa shape index (κ1) is 6.43. The van der Waals surface area contributed by atoms with Crippen LogP contribution in [-0.4, -0.2) is 5.75 Å². The van der Waals surface area contributed by atoms with E-state index in [1.165, 1.54) is 19.3 Å². The van der Waals surface area contributed by atoms with Gasteiger partial charge in [0.2, 0.25) is 0 Å². The summed E-state index contributed by atoms with van der Waals surface area (Å²) < 4.78 is 5.07. The van der Waals surface area contributed by atoms with E-state index in [2.05, 4.69) is 0 Å². The maximum atomic E-state index is 5.07. The molecule has 8 heavy (non-hydrogen) atoms. The second-order valence-corrected chi connectivity index (χ2v) is 2.77. The number of hydrogen-bond donors (Lipinski definition) is 0.